The summed E-state index contributed by atoms with van der Waals surface area (Å²) >= 11 is 0.891. The third-order valence-electron chi connectivity index (χ3n) is 4.80. The van der Waals surface area contributed by atoms with Gasteiger partial charge in [0.2, 0.25) is 11.8 Å². The molecule has 0 saturated heterocycles. The first-order chi connectivity index (χ1) is 15.7. The van der Waals surface area contributed by atoms with Crippen LogP contribution in [-0.2, 0) is 15.8 Å². The second-order valence-corrected chi connectivity index (χ2v) is 8.03. The number of nitriles is 1. The Morgan fingerprint density at radius 3 is 2.58 bits per heavy atom. The number of ether oxygens (including phenoxy) is 1. The van der Waals surface area contributed by atoms with Gasteiger partial charge in [0.05, 0.1) is 40.3 Å². The van der Waals surface area contributed by atoms with E-state index < -0.39 is 23.6 Å². The van der Waals surface area contributed by atoms with Crippen molar-refractivity contribution in [2.75, 3.05) is 17.7 Å². The van der Waals surface area contributed by atoms with Crippen LogP contribution in [0.3, 0.4) is 0 Å². The lowest BCUT2D eigenvalue weighted by molar-refractivity contribution is -0.137. The smallest absolute Gasteiger partial charge is 0.418 e. The van der Waals surface area contributed by atoms with Gasteiger partial charge in [0.25, 0.3) is 0 Å². The number of alkyl halides is 3. The molecule has 0 fully saturated rings. The molecule has 0 aliphatic carbocycles. The standard InChI is InChI=1S/C23H20F3N3O3S/c1-2-32-15-9-7-14(8-10-15)16-11-20(30)29-22(17(16)12-27)33-13-21(31)28-19-6-4-3-5-18(19)23(24,25)26/h3-10,16H,2,11,13H2,1H3,(H,28,31)(H,29,30)/t16-/m1/s1. The molecule has 1 aliphatic heterocycles. The molecule has 1 atom stereocenters. The molecule has 0 unspecified atom stereocenters. The Kier molecular flexibility index (Phi) is 7.66. The quantitative estimate of drug-likeness (QED) is 0.600. The van der Waals surface area contributed by atoms with Crippen molar-refractivity contribution in [3.05, 3.63) is 70.3 Å². The number of hydrogen-bond donors (Lipinski definition) is 2. The fourth-order valence-corrected chi connectivity index (χ4v) is 4.22. The average Bonchev–Trinajstić information content (AvgIpc) is 2.77. The van der Waals surface area contributed by atoms with Gasteiger partial charge >= 0.3 is 6.18 Å². The highest BCUT2D eigenvalue weighted by Crippen LogP contribution is 2.37. The highest BCUT2D eigenvalue weighted by molar-refractivity contribution is 8.03. The maximum Gasteiger partial charge on any atom is 0.418 e. The molecule has 0 saturated carbocycles. The van der Waals surface area contributed by atoms with Crippen molar-refractivity contribution in [3.63, 3.8) is 0 Å². The Morgan fingerprint density at radius 2 is 1.94 bits per heavy atom. The van der Waals surface area contributed by atoms with Gasteiger partial charge in [-0.05, 0) is 36.8 Å². The lowest BCUT2D eigenvalue weighted by Crippen LogP contribution is -2.31. The predicted octanol–water partition coefficient (Wildman–Crippen LogP) is 4.81. The van der Waals surface area contributed by atoms with Crippen molar-refractivity contribution >= 4 is 29.3 Å². The Hall–Kier alpha value is -3.45. The second kappa shape index (κ2) is 10.4. The maximum atomic E-state index is 13.1. The summed E-state index contributed by atoms with van der Waals surface area (Å²) in [5.41, 5.74) is -0.286. The number of nitrogens with one attached hydrogen (secondary N) is 2. The van der Waals surface area contributed by atoms with Gasteiger partial charge in [-0.1, -0.05) is 36.0 Å². The topological polar surface area (TPSA) is 91.2 Å². The molecule has 172 valence electrons. The molecule has 33 heavy (non-hydrogen) atoms. The number of anilines is 1. The Balaban J connectivity index is 1.76. The lowest BCUT2D eigenvalue weighted by atomic mass is 9.87. The van der Waals surface area contributed by atoms with Gasteiger partial charge in [0.1, 0.15) is 5.75 Å². The average molecular weight is 475 g/mol. The van der Waals surface area contributed by atoms with Crippen LogP contribution in [0.15, 0.2) is 59.1 Å². The monoisotopic (exact) mass is 475 g/mol. The van der Waals surface area contributed by atoms with Crippen molar-refractivity contribution in [2.24, 2.45) is 0 Å². The largest absolute Gasteiger partial charge is 0.494 e. The molecule has 2 aromatic carbocycles. The minimum absolute atomic E-state index is 0.0616. The minimum atomic E-state index is -4.62. The van der Waals surface area contributed by atoms with E-state index in [1.54, 1.807) is 24.3 Å². The number of nitrogens with zero attached hydrogens (tertiary/aromatic N) is 1. The number of thioether (sulfide) groups is 1. The highest BCUT2D eigenvalue weighted by Gasteiger charge is 2.34. The predicted molar refractivity (Wildman–Crippen MR) is 118 cm³/mol. The zero-order chi connectivity index (χ0) is 24.0. The van der Waals surface area contributed by atoms with Crippen LogP contribution in [0.25, 0.3) is 0 Å². The molecule has 1 heterocycles. The fraction of sp³-hybridized carbons (Fsp3) is 0.261. The molecule has 0 aromatic heterocycles. The van der Waals surface area contributed by atoms with Gasteiger partial charge in [0, 0.05) is 12.3 Å². The van der Waals surface area contributed by atoms with Gasteiger partial charge in [-0.25, -0.2) is 0 Å². The van der Waals surface area contributed by atoms with E-state index in [4.69, 9.17) is 4.74 Å². The molecule has 1 aliphatic rings. The summed E-state index contributed by atoms with van der Waals surface area (Å²) in [6.07, 6.45) is -4.55. The van der Waals surface area contributed by atoms with Crippen LogP contribution in [0.5, 0.6) is 5.75 Å². The van der Waals surface area contributed by atoms with Crippen LogP contribution in [-0.4, -0.2) is 24.2 Å². The molecule has 2 N–H and O–H groups in total. The van der Waals surface area contributed by atoms with Crippen LogP contribution >= 0.6 is 11.8 Å². The minimum Gasteiger partial charge on any atom is -0.494 e. The summed E-state index contributed by atoms with van der Waals surface area (Å²) in [5.74, 6) is -1.15. The number of allylic oxidation sites excluding steroid dienone is 1. The Morgan fingerprint density at radius 1 is 1.24 bits per heavy atom. The fourth-order valence-electron chi connectivity index (χ4n) is 3.34. The van der Waals surface area contributed by atoms with Gasteiger partial charge in [-0.15, -0.1) is 0 Å². The summed E-state index contributed by atoms with van der Waals surface area (Å²) in [7, 11) is 0. The van der Waals surface area contributed by atoms with Crippen LogP contribution in [0, 0.1) is 11.3 Å². The van der Waals surface area contributed by atoms with Crippen LogP contribution in [0.2, 0.25) is 0 Å². The van der Waals surface area contributed by atoms with Gasteiger partial charge in [-0.2, -0.15) is 18.4 Å². The lowest BCUT2D eigenvalue weighted by Gasteiger charge is -2.25. The van der Waals surface area contributed by atoms with Crippen molar-refractivity contribution < 1.29 is 27.5 Å². The normalized spacial score (nSPS) is 16.1. The number of para-hydroxylation sites is 1. The van der Waals surface area contributed by atoms with E-state index in [1.807, 2.05) is 6.92 Å². The Bertz CT molecular complexity index is 1110. The van der Waals surface area contributed by atoms with Gasteiger partial charge in [0.15, 0.2) is 0 Å². The summed E-state index contributed by atoms with van der Waals surface area (Å²) < 4.78 is 44.8. The summed E-state index contributed by atoms with van der Waals surface area (Å²) in [6.45, 7) is 2.36. The number of carbonyl (C=O) groups is 2. The van der Waals surface area contributed by atoms with E-state index in [1.165, 1.54) is 12.1 Å². The van der Waals surface area contributed by atoms with Gasteiger partial charge in [-0.3, -0.25) is 9.59 Å². The molecule has 0 spiro atoms. The number of halogens is 3. The molecule has 2 aromatic rings. The third kappa shape index (κ3) is 6.08. The number of amides is 2. The summed E-state index contributed by atoms with van der Waals surface area (Å²) in [6, 6.07) is 13.8. The van der Waals surface area contributed by atoms with Crippen LogP contribution in [0.1, 0.15) is 30.4 Å². The molecular weight excluding hydrogens is 455 g/mol. The first-order valence-electron chi connectivity index (χ1n) is 9.98. The maximum absolute atomic E-state index is 13.1. The SMILES string of the molecule is CCOc1ccc([C@H]2CC(=O)NC(SCC(=O)Nc3ccccc3C(F)(F)F)=C2C#N)cc1. The van der Waals surface area contributed by atoms with Crippen molar-refractivity contribution in [2.45, 2.75) is 25.4 Å². The number of carbonyl (C=O) groups excluding carboxylic acids is 2. The second-order valence-electron chi connectivity index (χ2n) is 7.04. The molecule has 0 bridgehead atoms. The first kappa shape index (κ1) is 24.2. The van der Waals surface area contributed by atoms with E-state index in [0.29, 0.717) is 12.4 Å². The summed E-state index contributed by atoms with van der Waals surface area (Å²) in [5, 5.41) is 14.8. The van der Waals surface area contributed by atoms with E-state index in [-0.39, 0.29) is 34.4 Å². The molecule has 0 radical (unpaired) electrons. The number of rotatable bonds is 7. The van der Waals surface area contributed by atoms with Crippen molar-refractivity contribution in [1.82, 2.24) is 5.32 Å². The molecular formula is C23H20F3N3O3S. The molecule has 3 rings (SSSR count). The van der Waals surface area contributed by atoms with E-state index in [0.717, 1.165) is 29.5 Å². The zero-order valence-corrected chi connectivity index (χ0v) is 18.3. The zero-order valence-electron chi connectivity index (χ0n) is 17.5. The van der Waals surface area contributed by atoms with E-state index in [9.17, 15) is 28.0 Å². The molecule has 10 heteroatoms. The third-order valence-corrected chi connectivity index (χ3v) is 5.82. The molecule has 2 amide bonds. The van der Waals surface area contributed by atoms with Crippen LogP contribution < -0.4 is 15.4 Å². The number of hydrogen-bond acceptors (Lipinski definition) is 5. The number of benzene rings is 2. The Labute approximate surface area is 192 Å². The highest BCUT2D eigenvalue weighted by atomic mass is 32.2. The van der Waals surface area contributed by atoms with E-state index in [2.05, 4.69) is 16.7 Å². The first-order valence-corrected chi connectivity index (χ1v) is 11.0. The summed E-state index contributed by atoms with van der Waals surface area (Å²) in [4.78, 5) is 24.6. The van der Waals surface area contributed by atoms with Crippen molar-refractivity contribution in [3.8, 4) is 11.8 Å². The van der Waals surface area contributed by atoms with Gasteiger partial charge < -0.3 is 15.4 Å². The molecule has 6 nitrogen and oxygen atoms in total. The van der Waals surface area contributed by atoms with E-state index >= 15 is 0 Å². The van der Waals surface area contributed by atoms with Crippen LogP contribution in [0.4, 0.5) is 18.9 Å². The van der Waals surface area contributed by atoms with Crippen molar-refractivity contribution in [1.29, 1.82) is 5.26 Å².